The Morgan fingerprint density at radius 1 is 1.19 bits per heavy atom. The van der Waals surface area contributed by atoms with Gasteiger partial charge in [0.05, 0.1) is 23.8 Å². The summed E-state index contributed by atoms with van der Waals surface area (Å²) in [6, 6.07) is 6.65. The fourth-order valence-corrected chi connectivity index (χ4v) is 3.95. The molecule has 3 aromatic rings. The van der Waals surface area contributed by atoms with Crippen molar-refractivity contribution in [2.24, 2.45) is 0 Å². The van der Waals surface area contributed by atoms with Crippen molar-refractivity contribution in [3.05, 3.63) is 56.9 Å². The number of halogens is 1. The Balaban J connectivity index is 1.35. The van der Waals surface area contributed by atoms with Crippen molar-refractivity contribution in [2.75, 3.05) is 31.1 Å². The highest BCUT2D eigenvalue weighted by molar-refractivity contribution is 7.71. The van der Waals surface area contributed by atoms with Crippen LogP contribution in [0.1, 0.15) is 16.6 Å². The van der Waals surface area contributed by atoms with Gasteiger partial charge in [-0.1, -0.05) is 0 Å². The van der Waals surface area contributed by atoms with Crippen LogP contribution in [0.3, 0.4) is 0 Å². The summed E-state index contributed by atoms with van der Waals surface area (Å²) in [6.07, 6.45) is 0.555. The largest absolute Gasteiger partial charge is 0.414 e. The van der Waals surface area contributed by atoms with Gasteiger partial charge in [0, 0.05) is 37.2 Å². The van der Waals surface area contributed by atoms with Crippen LogP contribution in [0.5, 0.6) is 0 Å². The normalized spacial score (nSPS) is 15.4. The highest BCUT2D eigenvalue weighted by atomic mass is 32.1. The molecule has 0 amide bonds. The third-order valence-corrected chi connectivity index (χ3v) is 5.66. The second-order valence-corrected chi connectivity index (χ2v) is 7.93. The molecule has 0 spiro atoms. The minimum atomic E-state index is -0.207. The highest BCUT2D eigenvalue weighted by Gasteiger charge is 2.19. The van der Waals surface area contributed by atoms with E-state index < -0.39 is 0 Å². The molecule has 1 fully saturated rings. The Kier molecular flexibility index (Phi) is 5.33. The van der Waals surface area contributed by atoms with E-state index in [2.05, 4.69) is 19.9 Å². The average molecular weight is 406 g/mol. The fourth-order valence-electron chi connectivity index (χ4n) is 3.14. The summed E-state index contributed by atoms with van der Waals surface area (Å²) >= 11 is 6.93. The number of thiazole rings is 1. The van der Waals surface area contributed by atoms with E-state index in [0.29, 0.717) is 23.8 Å². The van der Waals surface area contributed by atoms with Gasteiger partial charge in [0.15, 0.2) is 0 Å². The Morgan fingerprint density at radius 2 is 1.93 bits per heavy atom. The van der Waals surface area contributed by atoms with E-state index in [9.17, 15) is 4.39 Å². The Labute approximate surface area is 165 Å². The molecule has 1 saturated heterocycles. The van der Waals surface area contributed by atoms with Crippen molar-refractivity contribution in [1.29, 1.82) is 0 Å². The molecule has 1 aliphatic rings. The number of anilines is 1. The first-order chi connectivity index (χ1) is 13.1. The maximum absolute atomic E-state index is 13.1. The van der Waals surface area contributed by atoms with Crippen molar-refractivity contribution < 1.29 is 8.81 Å². The monoisotopic (exact) mass is 405 g/mol. The SMILES string of the molecule is Cc1nc(Cc2nn(CN3CCN(c4ccc(F)cc4)CC3)c(=S)o2)cs1. The van der Waals surface area contributed by atoms with Gasteiger partial charge in [0.1, 0.15) is 5.82 Å². The van der Waals surface area contributed by atoms with E-state index >= 15 is 0 Å². The summed E-state index contributed by atoms with van der Waals surface area (Å²) in [5, 5.41) is 7.55. The number of benzene rings is 1. The molecule has 0 radical (unpaired) electrons. The summed E-state index contributed by atoms with van der Waals surface area (Å²) in [4.78, 5) is 9.37. The van der Waals surface area contributed by atoms with Gasteiger partial charge in [0.25, 0.3) is 4.84 Å². The smallest absolute Gasteiger partial charge is 0.288 e. The Hall–Kier alpha value is -2.10. The molecule has 1 aromatic carbocycles. The van der Waals surface area contributed by atoms with Gasteiger partial charge in [-0.05, 0) is 43.4 Å². The number of hydrogen-bond donors (Lipinski definition) is 0. The lowest BCUT2D eigenvalue weighted by Gasteiger charge is -2.35. The van der Waals surface area contributed by atoms with Crippen molar-refractivity contribution in [2.45, 2.75) is 20.0 Å². The standard InChI is InChI=1S/C18H20FN5OS2/c1-13-20-15(11-27-13)10-17-21-24(18(26)25-17)12-22-6-8-23(9-7-22)16-4-2-14(19)3-5-16/h2-5,11H,6-10,12H2,1H3. The van der Waals surface area contributed by atoms with Crippen molar-refractivity contribution in [1.82, 2.24) is 19.7 Å². The van der Waals surface area contributed by atoms with E-state index in [-0.39, 0.29) is 5.82 Å². The maximum atomic E-state index is 13.1. The predicted octanol–water partition coefficient (Wildman–Crippen LogP) is 3.48. The van der Waals surface area contributed by atoms with Gasteiger partial charge >= 0.3 is 0 Å². The molecule has 142 valence electrons. The third-order valence-electron chi connectivity index (χ3n) is 4.55. The number of aromatic nitrogens is 3. The van der Waals surface area contributed by atoms with E-state index in [0.717, 1.165) is 42.6 Å². The van der Waals surface area contributed by atoms with E-state index in [1.54, 1.807) is 16.0 Å². The molecule has 1 aliphatic heterocycles. The molecular formula is C18H20FN5OS2. The molecule has 0 atom stereocenters. The molecule has 0 saturated carbocycles. The summed E-state index contributed by atoms with van der Waals surface area (Å²) < 4.78 is 20.4. The van der Waals surface area contributed by atoms with Crippen LogP contribution in [0.4, 0.5) is 10.1 Å². The first-order valence-electron chi connectivity index (χ1n) is 8.77. The second kappa shape index (κ2) is 7.87. The van der Waals surface area contributed by atoms with Gasteiger partial charge in [-0.15, -0.1) is 16.4 Å². The number of aryl methyl sites for hydroxylation is 1. The van der Waals surface area contributed by atoms with Gasteiger partial charge in [-0.2, -0.15) is 0 Å². The minimum Gasteiger partial charge on any atom is -0.414 e. The first-order valence-corrected chi connectivity index (χ1v) is 10.1. The van der Waals surface area contributed by atoms with Crippen molar-refractivity contribution in [3.63, 3.8) is 0 Å². The Bertz CT molecular complexity index is 957. The van der Waals surface area contributed by atoms with E-state index in [1.165, 1.54) is 12.1 Å². The zero-order chi connectivity index (χ0) is 18.8. The highest BCUT2D eigenvalue weighted by Crippen LogP contribution is 2.17. The minimum absolute atomic E-state index is 0.207. The fraction of sp³-hybridized carbons (Fsp3) is 0.389. The molecule has 0 aliphatic carbocycles. The van der Waals surface area contributed by atoms with Gasteiger partial charge in [-0.3, -0.25) is 4.90 Å². The van der Waals surface area contributed by atoms with Crippen LogP contribution in [0, 0.1) is 17.6 Å². The van der Waals surface area contributed by atoms with Crippen LogP contribution in [-0.4, -0.2) is 45.8 Å². The Morgan fingerprint density at radius 3 is 2.59 bits per heavy atom. The third kappa shape index (κ3) is 4.42. The average Bonchev–Trinajstić information content (AvgIpc) is 3.22. The quantitative estimate of drug-likeness (QED) is 0.606. The summed E-state index contributed by atoms with van der Waals surface area (Å²) in [5.74, 6) is 0.386. The zero-order valence-corrected chi connectivity index (χ0v) is 16.6. The van der Waals surface area contributed by atoms with Crippen LogP contribution >= 0.6 is 23.6 Å². The maximum Gasteiger partial charge on any atom is 0.288 e. The number of rotatable bonds is 5. The van der Waals surface area contributed by atoms with Gasteiger partial charge in [-0.25, -0.2) is 14.1 Å². The van der Waals surface area contributed by atoms with Crippen LogP contribution < -0.4 is 4.90 Å². The van der Waals surface area contributed by atoms with E-state index in [1.807, 2.05) is 24.4 Å². The van der Waals surface area contributed by atoms with Crippen LogP contribution in [-0.2, 0) is 13.1 Å². The molecule has 0 N–H and O–H groups in total. The lowest BCUT2D eigenvalue weighted by atomic mass is 10.2. The number of hydrogen-bond acceptors (Lipinski definition) is 7. The van der Waals surface area contributed by atoms with E-state index in [4.69, 9.17) is 16.6 Å². The molecule has 27 heavy (non-hydrogen) atoms. The molecule has 4 rings (SSSR count). The molecule has 0 unspecified atom stereocenters. The first kappa shape index (κ1) is 18.3. The molecule has 3 heterocycles. The lowest BCUT2D eigenvalue weighted by molar-refractivity contribution is 0.192. The molecular weight excluding hydrogens is 385 g/mol. The topological polar surface area (TPSA) is 50.3 Å². The van der Waals surface area contributed by atoms with Crippen LogP contribution in [0.25, 0.3) is 0 Å². The zero-order valence-electron chi connectivity index (χ0n) is 15.0. The molecule has 9 heteroatoms. The molecule has 0 bridgehead atoms. The van der Waals surface area contributed by atoms with Crippen molar-refractivity contribution >= 4 is 29.2 Å². The lowest BCUT2D eigenvalue weighted by Crippen LogP contribution is -2.47. The molecule has 6 nitrogen and oxygen atoms in total. The van der Waals surface area contributed by atoms with Gasteiger partial charge in [0.2, 0.25) is 5.89 Å². The summed E-state index contributed by atoms with van der Waals surface area (Å²) in [5.41, 5.74) is 2.00. The number of piperazine rings is 1. The predicted molar refractivity (Wildman–Crippen MR) is 105 cm³/mol. The second-order valence-electron chi connectivity index (χ2n) is 6.52. The van der Waals surface area contributed by atoms with Crippen LogP contribution in [0.2, 0.25) is 0 Å². The summed E-state index contributed by atoms with van der Waals surface area (Å²) in [7, 11) is 0. The summed E-state index contributed by atoms with van der Waals surface area (Å²) in [6.45, 7) is 6.10. The van der Waals surface area contributed by atoms with Gasteiger partial charge < -0.3 is 9.32 Å². The molecule has 2 aromatic heterocycles. The number of nitrogens with zero attached hydrogens (tertiary/aromatic N) is 5. The van der Waals surface area contributed by atoms with Crippen molar-refractivity contribution in [3.8, 4) is 0 Å². The van der Waals surface area contributed by atoms with Crippen LogP contribution in [0.15, 0.2) is 34.1 Å².